The highest BCUT2D eigenvalue weighted by Crippen LogP contribution is 2.35. The minimum Gasteiger partial charge on any atom is -0.455 e. The Morgan fingerprint density at radius 3 is 2.64 bits per heavy atom. The number of furan rings is 1. The highest BCUT2D eigenvalue weighted by atomic mass is 16.5. The molecule has 0 saturated carbocycles. The van der Waals surface area contributed by atoms with Gasteiger partial charge in [0.25, 0.3) is 5.91 Å². The van der Waals surface area contributed by atoms with E-state index in [1.165, 1.54) is 12.8 Å². The highest BCUT2D eigenvalue weighted by Gasteiger charge is 2.44. The van der Waals surface area contributed by atoms with Gasteiger partial charge >= 0.3 is 0 Å². The van der Waals surface area contributed by atoms with E-state index in [0.29, 0.717) is 38.3 Å². The van der Waals surface area contributed by atoms with Crippen molar-refractivity contribution in [2.24, 2.45) is 0 Å². The molecule has 1 atom stereocenters. The number of hydrogen-bond donors (Lipinski definition) is 1. The minimum absolute atomic E-state index is 0.0483. The van der Waals surface area contributed by atoms with Crippen LogP contribution in [0.4, 0.5) is 0 Å². The van der Waals surface area contributed by atoms with Crippen LogP contribution in [0.15, 0.2) is 16.5 Å². The van der Waals surface area contributed by atoms with Crippen LogP contribution in [0.1, 0.15) is 54.8 Å². The Hall–Kier alpha value is -1.37. The third kappa shape index (κ3) is 3.48. The second kappa shape index (κ2) is 7.09. The van der Waals surface area contributed by atoms with E-state index in [2.05, 4.69) is 4.90 Å². The summed E-state index contributed by atoms with van der Waals surface area (Å²) in [4.78, 5) is 16.9. The van der Waals surface area contributed by atoms with Gasteiger partial charge in [0, 0.05) is 19.7 Å². The van der Waals surface area contributed by atoms with Crippen LogP contribution in [-0.4, -0.2) is 65.3 Å². The molecular formula is C19H28N2O4. The number of piperidine rings is 1. The molecule has 3 aliphatic heterocycles. The average molecular weight is 348 g/mol. The van der Waals surface area contributed by atoms with E-state index in [4.69, 9.17) is 9.15 Å². The van der Waals surface area contributed by atoms with Crippen molar-refractivity contribution < 1.29 is 19.1 Å². The largest absolute Gasteiger partial charge is 0.455 e. The fourth-order valence-corrected chi connectivity index (χ4v) is 4.37. The Kier molecular flexibility index (Phi) is 4.84. The Balaban J connectivity index is 1.35. The molecule has 0 bridgehead atoms. The summed E-state index contributed by atoms with van der Waals surface area (Å²) in [5, 5.41) is 10.3. The van der Waals surface area contributed by atoms with Gasteiger partial charge in [-0.15, -0.1) is 0 Å². The summed E-state index contributed by atoms with van der Waals surface area (Å²) in [5.41, 5.74) is -0.445. The van der Waals surface area contributed by atoms with Gasteiger partial charge in [0.05, 0.1) is 18.2 Å². The van der Waals surface area contributed by atoms with Crippen LogP contribution >= 0.6 is 0 Å². The van der Waals surface area contributed by atoms with Crippen molar-refractivity contribution in [1.82, 2.24) is 9.80 Å². The standard InChI is InChI=1S/C19H28N2O4/c22-17-4-3-13-24-19(17)7-11-21(12-8-19)18(23)16-6-5-15(25-16)14-20-9-1-2-10-20/h5-6,17,22H,1-4,7-14H2. The van der Waals surface area contributed by atoms with E-state index in [0.717, 1.165) is 38.2 Å². The molecule has 25 heavy (non-hydrogen) atoms. The Labute approximate surface area is 148 Å². The molecule has 1 unspecified atom stereocenters. The maximum absolute atomic E-state index is 12.7. The first-order valence-electron chi connectivity index (χ1n) is 9.59. The van der Waals surface area contributed by atoms with Gasteiger partial charge in [-0.05, 0) is 63.7 Å². The number of amides is 1. The summed E-state index contributed by atoms with van der Waals surface area (Å²) in [6.45, 7) is 4.94. The SMILES string of the molecule is O=C(c1ccc(CN2CCCC2)o1)N1CCC2(CC1)OCCCC2O. The first-order valence-corrected chi connectivity index (χ1v) is 9.59. The van der Waals surface area contributed by atoms with Gasteiger partial charge in [-0.2, -0.15) is 0 Å². The molecule has 3 aliphatic rings. The molecule has 1 spiro atoms. The van der Waals surface area contributed by atoms with Crippen LogP contribution in [0.25, 0.3) is 0 Å². The van der Waals surface area contributed by atoms with Crippen LogP contribution in [0.5, 0.6) is 0 Å². The lowest BCUT2D eigenvalue weighted by atomic mass is 9.82. The summed E-state index contributed by atoms with van der Waals surface area (Å²) >= 11 is 0. The lowest BCUT2D eigenvalue weighted by molar-refractivity contribution is -0.174. The van der Waals surface area contributed by atoms with Crippen LogP contribution in [0.2, 0.25) is 0 Å². The predicted octanol–water partition coefficient (Wildman–Crippen LogP) is 2.02. The molecule has 4 heterocycles. The molecule has 138 valence electrons. The fourth-order valence-electron chi connectivity index (χ4n) is 4.37. The van der Waals surface area contributed by atoms with Crippen molar-refractivity contribution in [3.05, 3.63) is 23.7 Å². The minimum atomic E-state index is -0.445. The Morgan fingerprint density at radius 1 is 1.16 bits per heavy atom. The second-order valence-corrected chi connectivity index (χ2v) is 7.61. The number of hydrogen-bond acceptors (Lipinski definition) is 5. The fraction of sp³-hybridized carbons (Fsp3) is 0.737. The van der Waals surface area contributed by atoms with Gasteiger partial charge in [-0.25, -0.2) is 0 Å². The molecule has 1 N–H and O–H groups in total. The molecule has 4 rings (SSSR count). The summed E-state index contributed by atoms with van der Waals surface area (Å²) in [6.07, 6.45) is 5.19. The maximum atomic E-state index is 12.7. The molecule has 1 amide bonds. The van der Waals surface area contributed by atoms with Crippen LogP contribution in [0.3, 0.4) is 0 Å². The number of rotatable bonds is 3. The van der Waals surface area contributed by atoms with Gasteiger partial charge in [0.15, 0.2) is 5.76 Å². The number of nitrogens with zero attached hydrogens (tertiary/aromatic N) is 2. The summed E-state index contributed by atoms with van der Waals surface area (Å²) in [7, 11) is 0. The van der Waals surface area contributed by atoms with Crippen LogP contribution < -0.4 is 0 Å². The number of carbonyl (C=O) groups excluding carboxylic acids is 1. The van der Waals surface area contributed by atoms with E-state index >= 15 is 0 Å². The zero-order valence-electron chi connectivity index (χ0n) is 14.8. The third-order valence-electron chi connectivity index (χ3n) is 5.97. The van der Waals surface area contributed by atoms with E-state index in [-0.39, 0.29) is 5.91 Å². The first kappa shape index (κ1) is 17.1. The monoisotopic (exact) mass is 348 g/mol. The third-order valence-corrected chi connectivity index (χ3v) is 5.97. The molecule has 3 fully saturated rings. The molecule has 6 heteroatoms. The van der Waals surface area contributed by atoms with E-state index < -0.39 is 11.7 Å². The number of likely N-dealkylation sites (tertiary alicyclic amines) is 2. The highest BCUT2D eigenvalue weighted by molar-refractivity contribution is 5.91. The summed E-state index contributed by atoms with van der Waals surface area (Å²) in [5.74, 6) is 1.24. The van der Waals surface area contributed by atoms with Crippen molar-refractivity contribution in [3.8, 4) is 0 Å². The lowest BCUT2D eigenvalue weighted by Gasteiger charge is -2.46. The second-order valence-electron chi connectivity index (χ2n) is 7.61. The molecule has 1 aromatic heterocycles. The zero-order chi connectivity index (χ0) is 17.3. The molecule has 0 aromatic carbocycles. The smallest absolute Gasteiger partial charge is 0.289 e. The van der Waals surface area contributed by atoms with Gasteiger partial charge in [-0.1, -0.05) is 0 Å². The number of carbonyl (C=O) groups is 1. The van der Waals surface area contributed by atoms with Crippen molar-refractivity contribution in [2.45, 2.75) is 56.8 Å². The molecule has 0 aliphatic carbocycles. The van der Waals surface area contributed by atoms with E-state index in [9.17, 15) is 9.90 Å². The normalized spacial score (nSPS) is 27.1. The van der Waals surface area contributed by atoms with Gasteiger partial charge in [0.1, 0.15) is 5.76 Å². The lowest BCUT2D eigenvalue weighted by Crippen LogP contribution is -2.56. The number of ether oxygens (including phenoxy) is 1. The molecular weight excluding hydrogens is 320 g/mol. The van der Waals surface area contributed by atoms with Crippen molar-refractivity contribution in [3.63, 3.8) is 0 Å². The van der Waals surface area contributed by atoms with Crippen LogP contribution in [-0.2, 0) is 11.3 Å². The molecule has 6 nitrogen and oxygen atoms in total. The van der Waals surface area contributed by atoms with Crippen LogP contribution in [0, 0.1) is 0 Å². The van der Waals surface area contributed by atoms with Crippen molar-refractivity contribution >= 4 is 5.91 Å². The average Bonchev–Trinajstić information content (AvgIpc) is 3.30. The maximum Gasteiger partial charge on any atom is 0.289 e. The van der Waals surface area contributed by atoms with Gasteiger partial charge in [0.2, 0.25) is 0 Å². The van der Waals surface area contributed by atoms with E-state index in [1.54, 1.807) is 6.07 Å². The number of aliphatic hydroxyl groups excluding tert-OH is 1. The molecule has 1 aromatic rings. The predicted molar refractivity (Wildman–Crippen MR) is 92.3 cm³/mol. The Morgan fingerprint density at radius 2 is 1.92 bits per heavy atom. The first-order chi connectivity index (χ1) is 12.2. The Bertz CT molecular complexity index is 600. The molecule has 0 radical (unpaired) electrons. The molecule has 3 saturated heterocycles. The quantitative estimate of drug-likeness (QED) is 0.905. The van der Waals surface area contributed by atoms with Gasteiger partial charge in [-0.3, -0.25) is 9.69 Å². The van der Waals surface area contributed by atoms with Crippen molar-refractivity contribution in [1.29, 1.82) is 0 Å². The number of aliphatic hydroxyl groups is 1. The topological polar surface area (TPSA) is 66.2 Å². The summed E-state index contributed by atoms with van der Waals surface area (Å²) < 4.78 is 11.7. The van der Waals surface area contributed by atoms with E-state index in [1.807, 2.05) is 11.0 Å². The summed E-state index contributed by atoms with van der Waals surface area (Å²) in [6, 6.07) is 3.72. The van der Waals surface area contributed by atoms with Gasteiger partial charge < -0.3 is 19.2 Å². The zero-order valence-corrected chi connectivity index (χ0v) is 14.8. The van der Waals surface area contributed by atoms with Crippen molar-refractivity contribution in [2.75, 3.05) is 32.8 Å².